The maximum atomic E-state index is 9.21. The lowest BCUT2D eigenvalue weighted by Crippen LogP contribution is -2.52. The molecule has 0 aromatic heterocycles. The van der Waals surface area contributed by atoms with Crippen LogP contribution < -0.4 is 5.73 Å². The molecule has 212 valence electrons. The summed E-state index contributed by atoms with van der Waals surface area (Å²) in [6.45, 7) is 15.2. The first-order chi connectivity index (χ1) is 18.5. The zero-order chi connectivity index (χ0) is 27.1. The number of rotatable bonds is 14. The van der Waals surface area contributed by atoms with E-state index < -0.39 is 0 Å². The van der Waals surface area contributed by atoms with Crippen LogP contribution in [0.2, 0.25) is 0 Å². The summed E-state index contributed by atoms with van der Waals surface area (Å²) in [4.78, 5) is 14.6. The third-order valence-corrected chi connectivity index (χ3v) is 9.31. The predicted molar refractivity (Wildman–Crippen MR) is 160 cm³/mol. The first kappa shape index (κ1) is 28.7. The summed E-state index contributed by atoms with van der Waals surface area (Å²) in [5.74, 6) is 2.10. The average molecular weight is 524 g/mol. The molecule has 0 spiro atoms. The van der Waals surface area contributed by atoms with Gasteiger partial charge in [0, 0.05) is 38.3 Å². The van der Waals surface area contributed by atoms with Gasteiger partial charge in [0.2, 0.25) is 0 Å². The molecule has 2 fully saturated rings. The third kappa shape index (κ3) is 6.64. The molecule has 2 saturated heterocycles. The van der Waals surface area contributed by atoms with Crippen molar-refractivity contribution in [3.05, 3.63) is 35.9 Å². The number of likely N-dealkylation sites (tertiary alicyclic amines) is 1. The monoisotopic (exact) mass is 523 g/mol. The van der Waals surface area contributed by atoms with Crippen LogP contribution in [-0.4, -0.2) is 95.0 Å². The molecule has 0 aliphatic carbocycles. The van der Waals surface area contributed by atoms with Crippen molar-refractivity contribution in [1.82, 2.24) is 19.6 Å². The molecule has 38 heavy (non-hydrogen) atoms. The van der Waals surface area contributed by atoms with Crippen LogP contribution in [0.15, 0.2) is 35.3 Å². The SMILES string of the molecule is CCCCN1C(=N)N([C@@H](CCC)CN2CCC[C@H]2CN2C(N)=NC[C@@H]2Cc2ccccc2)C[C@H]1[C@H](C)CC. The molecule has 0 unspecified atom stereocenters. The second-order valence-corrected chi connectivity index (χ2v) is 11.9. The summed E-state index contributed by atoms with van der Waals surface area (Å²) >= 11 is 0. The molecule has 7 nitrogen and oxygen atoms in total. The van der Waals surface area contributed by atoms with Crippen LogP contribution in [0.4, 0.5) is 0 Å². The highest BCUT2D eigenvalue weighted by Gasteiger charge is 2.41. The largest absolute Gasteiger partial charge is 0.370 e. The highest BCUT2D eigenvalue weighted by molar-refractivity contribution is 5.80. The molecule has 4 rings (SSSR count). The first-order valence-corrected chi connectivity index (χ1v) is 15.4. The zero-order valence-corrected chi connectivity index (χ0v) is 24.5. The first-order valence-electron chi connectivity index (χ1n) is 15.4. The Labute approximate surface area is 231 Å². The number of nitrogens with two attached hydrogens (primary N) is 1. The van der Waals surface area contributed by atoms with Gasteiger partial charge in [0.25, 0.3) is 0 Å². The highest BCUT2D eigenvalue weighted by atomic mass is 15.5. The van der Waals surface area contributed by atoms with Gasteiger partial charge in [-0.2, -0.15) is 0 Å². The number of guanidine groups is 2. The fourth-order valence-electron chi connectivity index (χ4n) is 6.79. The topological polar surface area (TPSA) is 75.2 Å². The van der Waals surface area contributed by atoms with Crippen LogP contribution in [0.3, 0.4) is 0 Å². The molecular weight excluding hydrogens is 470 g/mol. The van der Waals surface area contributed by atoms with Gasteiger partial charge in [-0.05, 0) is 50.1 Å². The van der Waals surface area contributed by atoms with Crippen LogP contribution in [0.5, 0.6) is 0 Å². The van der Waals surface area contributed by atoms with E-state index in [-0.39, 0.29) is 0 Å². The van der Waals surface area contributed by atoms with Crippen LogP contribution >= 0.6 is 0 Å². The van der Waals surface area contributed by atoms with Crippen molar-refractivity contribution in [3.8, 4) is 0 Å². The number of aliphatic imine (C=N–C) groups is 1. The number of nitrogens with zero attached hydrogens (tertiary/aromatic N) is 5. The van der Waals surface area contributed by atoms with Gasteiger partial charge in [0.05, 0.1) is 18.6 Å². The molecular formula is C31H53N7. The van der Waals surface area contributed by atoms with Crippen molar-refractivity contribution in [2.75, 3.05) is 39.3 Å². The Kier molecular flexibility index (Phi) is 10.3. The van der Waals surface area contributed by atoms with Crippen molar-refractivity contribution < 1.29 is 0 Å². The molecule has 0 bridgehead atoms. The van der Waals surface area contributed by atoms with Gasteiger partial charge in [-0.1, -0.05) is 77.3 Å². The summed E-state index contributed by atoms with van der Waals surface area (Å²) in [5.41, 5.74) is 7.80. The van der Waals surface area contributed by atoms with E-state index in [9.17, 15) is 5.41 Å². The van der Waals surface area contributed by atoms with E-state index in [1.165, 1.54) is 37.7 Å². The van der Waals surface area contributed by atoms with Crippen LogP contribution in [0, 0.1) is 11.3 Å². The summed E-state index contributed by atoms with van der Waals surface area (Å²) < 4.78 is 0. The summed E-state index contributed by atoms with van der Waals surface area (Å²) in [5, 5.41) is 9.21. The number of hydrogen-bond donors (Lipinski definition) is 2. The van der Waals surface area contributed by atoms with Crippen molar-refractivity contribution in [2.24, 2.45) is 16.6 Å². The van der Waals surface area contributed by atoms with Gasteiger partial charge >= 0.3 is 0 Å². The molecule has 7 heteroatoms. The van der Waals surface area contributed by atoms with E-state index in [1.54, 1.807) is 0 Å². The van der Waals surface area contributed by atoms with Gasteiger partial charge in [-0.25, -0.2) is 0 Å². The number of unbranched alkanes of at least 4 members (excludes halogenated alkanes) is 1. The van der Waals surface area contributed by atoms with E-state index >= 15 is 0 Å². The molecule has 3 aliphatic rings. The fourth-order valence-corrected chi connectivity index (χ4v) is 6.79. The van der Waals surface area contributed by atoms with Crippen LogP contribution in [-0.2, 0) is 6.42 Å². The van der Waals surface area contributed by atoms with Crippen LogP contribution in [0.1, 0.15) is 78.2 Å². The normalized spacial score (nSPS) is 25.9. The van der Waals surface area contributed by atoms with Gasteiger partial charge in [-0.15, -0.1) is 0 Å². The molecule has 0 radical (unpaired) electrons. The molecule has 3 N–H and O–H groups in total. The Morgan fingerprint density at radius 1 is 1.08 bits per heavy atom. The second-order valence-electron chi connectivity index (χ2n) is 11.9. The summed E-state index contributed by atoms with van der Waals surface area (Å²) in [7, 11) is 0. The van der Waals surface area contributed by atoms with Crippen molar-refractivity contribution in [3.63, 3.8) is 0 Å². The Bertz CT molecular complexity index is 903. The number of benzene rings is 1. The molecule has 1 aromatic carbocycles. The second kappa shape index (κ2) is 13.7. The maximum Gasteiger partial charge on any atom is 0.194 e. The van der Waals surface area contributed by atoms with Crippen molar-refractivity contribution in [1.29, 1.82) is 5.41 Å². The Hall–Kier alpha value is -2.28. The molecule has 3 heterocycles. The molecule has 0 amide bonds. The smallest absolute Gasteiger partial charge is 0.194 e. The van der Waals surface area contributed by atoms with Gasteiger partial charge in [0.15, 0.2) is 11.9 Å². The van der Waals surface area contributed by atoms with Gasteiger partial charge in [0.1, 0.15) is 0 Å². The molecule has 1 aromatic rings. The maximum absolute atomic E-state index is 9.21. The van der Waals surface area contributed by atoms with Gasteiger partial charge in [-0.3, -0.25) is 15.3 Å². The van der Waals surface area contributed by atoms with E-state index in [1.807, 2.05) is 0 Å². The standard InChI is InChI=1S/C31H53N7/c1-5-8-18-36-29(24(4)7-3)23-38(31(36)33)27(13-6-2)21-35-17-12-16-26(35)22-37-28(20-34-30(37)32)19-25-14-10-9-11-15-25/h9-11,14-15,24,26-29,33H,5-8,12-13,16-23H2,1-4H3,(H2,32,34)/t24-,26+,27+,28+,29+/m1/s1. The fraction of sp³-hybridized carbons (Fsp3) is 0.742. The van der Waals surface area contributed by atoms with Crippen molar-refractivity contribution in [2.45, 2.75) is 103 Å². The molecule has 5 atom stereocenters. The Morgan fingerprint density at radius 3 is 2.58 bits per heavy atom. The van der Waals surface area contributed by atoms with E-state index in [4.69, 9.17) is 5.73 Å². The van der Waals surface area contributed by atoms with Crippen molar-refractivity contribution >= 4 is 11.9 Å². The lowest BCUT2D eigenvalue weighted by molar-refractivity contribution is 0.151. The molecule has 0 saturated carbocycles. The Morgan fingerprint density at radius 2 is 1.87 bits per heavy atom. The highest BCUT2D eigenvalue weighted by Crippen LogP contribution is 2.29. The Balaban J connectivity index is 1.43. The van der Waals surface area contributed by atoms with E-state index in [2.05, 4.69) is 82.6 Å². The number of hydrogen-bond acceptors (Lipinski definition) is 5. The average Bonchev–Trinajstić information content (AvgIpc) is 3.61. The summed E-state index contributed by atoms with van der Waals surface area (Å²) in [6, 6.07) is 12.5. The van der Waals surface area contributed by atoms with Gasteiger partial charge < -0.3 is 20.4 Å². The lowest BCUT2D eigenvalue weighted by atomic mass is 9.98. The minimum absolute atomic E-state index is 0.349. The quantitative estimate of drug-likeness (QED) is 0.372. The minimum atomic E-state index is 0.349. The van der Waals surface area contributed by atoms with Crippen LogP contribution in [0.25, 0.3) is 0 Å². The predicted octanol–water partition coefficient (Wildman–Crippen LogP) is 4.63. The lowest BCUT2D eigenvalue weighted by Gasteiger charge is -2.37. The molecule has 3 aliphatic heterocycles. The minimum Gasteiger partial charge on any atom is -0.370 e. The number of nitrogens with one attached hydrogen (secondary N) is 1. The van der Waals surface area contributed by atoms with E-state index in [0.29, 0.717) is 36.0 Å². The third-order valence-electron chi connectivity index (χ3n) is 9.31. The summed E-state index contributed by atoms with van der Waals surface area (Å²) in [6.07, 6.45) is 9.27. The zero-order valence-electron chi connectivity index (χ0n) is 24.5. The van der Waals surface area contributed by atoms with E-state index in [0.717, 1.165) is 64.5 Å².